The number of anilines is 1. The topological polar surface area (TPSA) is 47.6 Å². The third-order valence-electron chi connectivity index (χ3n) is 4.80. The third-order valence-corrected chi connectivity index (χ3v) is 4.80. The van der Waals surface area contributed by atoms with Crippen molar-refractivity contribution in [3.05, 3.63) is 24.3 Å². The molecular formula is C20H31NO3. The fraction of sp³-hybridized carbons (Fsp3) is 0.650. The Morgan fingerprint density at radius 2 is 1.88 bits per heavy atom. The van der Waals surface area contributed by atoms with Crippen LogP contribution in [-0.4, -0.2) is 24.7 Å². The minimum Gasteiger partial charge on any atom is -0.494 e. The molecule has 1 amide bonds. The molecular weight excluding hydrogens is 302 g/mol. The summed E-state index contributed by atoms with van der Waals surface area (Å²) in [5, 5.41) is 3.03. The lowest BCUT2D eigenvalue weighted by atomic mass is 9.78. The highest BCUT2D eigenvalue weighted by atomic mass is 16.5. The smallest absolute Gasteiger partial charge is 0.256 e. The highest BCUT2D eigenvalue weighted by molar-refractivity contribution is 5.97. The molecule has 0 heterocycles. The van der Waals surface area contributed by atoms with Crippen molar-refractivity contribution in [1.82, 2.24) is 0 Å². The fourth-order valence-electron chi connectivity index (χ4n) is 3.16. The van der Waals surface area contributed by atoms with Crippen LogP contribution in [0.5, 0.6) is 5.75 Å². The van der Waals surface area contributed by atoms with Crippen molar-refractivity contribution in [3.63, 3.8) is 0 Å². The van der Waals surface area contributed by atoms with Gasteiger partial charge in [-0.2, -0.15) is 0 Å². The van der Waals surface area contributed by atoms with Crippen molar-refractivity contribution in [2.24, 2.45) is 5.92 Å². The Morgan fingerprint density at radius 3 is 2.46 bits per heavy atom. The summed E-state index contributed by atoms with van der Waals surface area (Å²) < 4.78 is 11.6. The second kappa shape index (κ2) is 9.07. The summed E-state index contributed by atoms with van der Waals surface area (Å²) in [5.41, 5.74) is 0.123. The van der Waals surface area contributed by atoms with Gasteiger partial charge in [0.2, 0.25) is 0 Å². The van der Waals surface area contributed by atoms with Crippen LogP contribution >= 0.6 is 0 Å². The minimum absolute atomic E-state index is 0.0177. The SMILES string of the molecule is CCCCOc1ccc(NC(=O)C2(OCC)CCC(C)CC2)cc1. The fourth-order valence-corrected chi connectivity index (χ4v) is 3.16. The average molecular weight is 333 g/mol. The first-order valence-corrected chi connectivity index (χ1v) is 9.28. The first-order chi connectivity index (χ1) is 11.6. The van der Waals surface area contributed by atoms with Crippen molar-refractivity contribution >= 4 is 11.6 Å². The Labute approximate surface area is 145 Å². The van der Waals surface area contributed by atoms with Crippen molar-refractivity contribution in [2.45, 2.75) is 64.9 Å². The second-order valence-electron chi connectivity index (χ2n) is 6.79. The van der Waals surface area contributed by atoms with Crippen molar-refractivity contribution < 1.29 is 14.3 Å². The maximum Gasteiger partial charge on any atom is 0.256 e. The van der Waals surface area contributed by atoms with E-state index in [-0.39, 0.29) is 5.91 Å². The monoisotopic (exact) mass is 333 g/mol. The van der Waals surface area contributed by atoms with Crippen molar-refractivity contribution in [1.29, 1.82) is 0 Å². The number of carbonyl (C=O) groups excluding carboxylic acids is 1. The van der Waals surface area contributed by atoms with Crippen LogP contribution in [-0.2, 0) is 9.53 Å². The molecule has 0 bridgehead atoms. The van der Waals surface area contributed by atoms with E-state index in [2.05, 4.69) is 19.2 Å². The number of ether oxygens (including phenoxy) is 2. The molecule has 4 heteroatoms. The Bertz CT molecular complexity index is 504. The number of rotatable bonds is 8. The molecule has 1 aromatic carbocycles. The van der Waals surface area contributed by atoms with Crippen LogP contribution in [0.1, 0.15) is 59.3 Å². The van der Waals surface area contributed by atoms with Gasteiger partial charge in [0, 0.05) is 12.3 Å². The summed E-state index contributed by atoms with van der Waals surface area (Å²) in [6, 6.07) is 7.59. The predicted octanol–water partition coefficient (Wildman–Crippen LogP) is 4.79. The van der Waals surface area contributed by atoms with Gasteiger partial charge in [-0.05, 0) is 69.2 Å². The van der Waals surface area contributed by atoms with E-state index in [1.165, 1.54) is 0 Å². The van der Waals surface area contributed by atoms with E-state index >= 15 is 0 Å². The molecule has 1 aromatic rings. The van der Waals surface area contributed by atoms with Gasteiger partial charge >= 0.3 is 0 Å². The lowest BCUT2D eigenvalue weighted by Crippen LogP contribution is -2.48. The first-order valence-electron chi connectivity index (χ1n) is 9.28. The van der Waals surface area contributed by atoms with Crippen LogP contribution in [0.4, 0.5) is 5.69 Å². The summed E-state index contributed by atoms with van der Waals surface area (Å²) in [6.07, 6.45) is 5.84. The molecule has 0 atom stereocenters. The van der Waals surface area contributed by atoms with Crippen molar-refractivity contribution in [2.75, 3.05) is 18.5 Å². The van der Waals surface area contributed by atoms with Gasteiger partial charge < -0.3 is 14.8 Å². The van der Waals surface area contributed by atoms with Gasteiger partial charge in [-0.1, -0.05) is 20.3 Å². The van der Waals surface area contributed by atoms with Gasteiger partial charge in [-0.3, -0.25) is 4.79 Å². The van der Waals surface area contributed by atoms with Crippen molar-refractivity contribution in [3.8, 4) is 5.75 Å². The number of benzene rings is 1. The molecule has 1 saturated carbocycles. The number of carbonyl (C=O) groups is 1. The van der Waals surface area contributed by atoms with Crippen LogP contribution in [0, 0.1) is 5.92 Å². The summed E-state index contributed by atoms with van der Waals surface area (Å²) in [4.78, 5) is 12.8. The minimum atomic E-state index is -0.669. The molecule has 4 nitrogen and oxygen atoms in total. The zero-order valence-corrected chi connectivity index (χ0v) is 15.3. The Morgan fingerprint density at radius 1 is 1.21 bits per heavy atom. The molecule has 2 rings (SSSR count). The Hall–Kier alpha value is -1.55. The number of amides is 1. The molecule has 0 spiro atoms. The zero-order chi connectivity index (χ0) is 17.4. The lowest BCUT2D eigenvalue weighted by molar-refractivity contribution is -0.146. The average Bonchev–Trinajstić information content (AvgIpc) is 2.59. The standard InChI is InChI=1S/C20H31NO3/c1-4-6-15-23-18-9-7-17(8-10-18)21-19(22)20(24-5-2)13-11-16(3)12-14-20/h7-10,16H,4-6,11-15H2,1-3H3,(H,21,22). The maximum atomic E-state index is 12.8. The molecule has 1 aliphatic rings. The van der Waals surface area contributed by atoms with Gasteiger partial charge in [0.15, 0.2) is 0 Å². The van der Waals surface area contributed by atoms with Crippen LogP contribution in [0.15, 0.2) is 24.3 Å². The Balaban J connectivity index is 1.96. The molecule has 0 aromatic heterocycles. The van der Waals surface area contributed by atoms with Gasteiger partial charge in [0.1, 0.15) is 11.4 Å². The lowest BCUT2D eigenvalue weighted by Gasteiger charge is -2.37. The van der Waals surface area contributed by atoms with E-state index in [1.54, 1.807) is 0 Å². The van der Waals surface area contributed by atoms with E-state index in [0.29, 0.717) is 12.5 Å². The second-order valence-corrected chi connectivity index (χ2v) is 6.79. The zero-order valence-electron chi connectivity index (χ0n) is 15.3. The van der Waals surface area contributed by atoms with Gasteiger partial charge in [-0.15, -0.1) is 0 Å². The molecule has 0 radical (unpaired) electrons. The molecule has 1 fully saturated rings. The van der Waals surface area contributed by atoms with E-state index < -0.39 is 5.60 Å². The molecule has 1 aliphatic carbocycles. The summed E-state index contributed by atoms with van der Waals surface area (Å²) in [6.45, 7) is 7.63. The van der Waals surface area contributed by atoms with Crippen LogP contribution < -0.4 is 10.1 Å². The van der Waals surface area contributed by atoms with Crippen LogP contribution in [0.2, 0.25) is 0 Å². The molecule has 0 saturated heterocycles. The van der Waals surface area contributed by atoms with E-state index in [0.717, 1.165) is 56.6 Å². The molecule has 0 aliphatic heterocycles. The van der Waals surface area contributed by atoms with E-state index in [1.807, 2.05) is 31.2 Å². The van der Waals surface area contributed by atoms with Crippen LogP contribution in [0.3, 0.4) is 0 Å². The highest BCUT2D eigenvalue weighted by Crippen LogP contribution is 2.35. The first kappa shape index (κ1) is 18.8. The Kier molecular flexibility index (Phi) is 7.10. The quantitative estimate of drug-likeness (QED) is 0.696. The van der Waals surface area contributed by atoms with E-state index in [4.69, 9.17) is 9.47 Å². The molecule has 0 unspecified atom stereocenters. The highest BCUT2D eigenvalue weighted by Gasteiger charge is 2.41. The van der Waals surface area contributed by atoms with Gasteiger partial charge in [0.25, 0.3) is 5.91 Å². The molecule has 134 valence electrons. The number of hydrogen-bond donors (Lipinski definition) is 1. The predicted molar refractivity (Wildman–Crippen MR) is 97.5 cm³/mol. The summed E-state index contributed by atoms with van der Waals surface area (Å²) in [5.74, 6) is 1.49. The van der Waals surface area contributed by atoms with Gasteiger partial charge in [-0.25, -0.2) is 0 Å². The number of nitrogens with one attached hydrogen (secondary N) is 1. The van der Waals surface area contributed by atoms with Gasteiger partial charge in [0.05, 0.1) is 6.61 Å². The number of unbranched alkanes of at least 4 members (excludes halogenated alkanes) is 1. The molecule has 1 N–H and O–H groups in total. The van der Waals surface area contributed by atoms with E-state index in [9.17, 15) is 4.79 Å². The summed E-state index contributed by atoms with van der Waals surface area (Å²) >= 11 is 0. The third kappa shape index (κ3) is 4.97. The normalized spacial score (nSPS) is 23.7. The number of hydrogen-bond acceptors (Lipinski definition) is 3. The molecule has 24 heavy (non-hydrogen) atoms. The van der Waals surface area contributed by atoms with Crippen LogP contribution in [0.25, 0.3) is 0 Å². The maximum absolute atomic E-state index is 12.8. The summed E-state index contributed by atoms with van der Waals surface area (Å²) in [7, 11) is 0. The largest absolute Gasteiger partial charge is 0.494 e.